The highest BCUT2D eigenvalue weighted by molar-refractivity contribution is 7.09. The molecule has 0 bridgehead atoms. The quantitative estimate of drug-likeness (QED) is 0.838. The van der Waals surface area contributed by atoms with Crippen LogP contribution < -0.4 is 0 Å². The van der Waals surface area contributed by atoms with Gasteiger partial charge in [0.1, 0.15) is 0 Å². The average Bonchev–Trinajstić information content (AvgIpc) is 2.51. The highest BCUT2D eigenvalue weighted by atomic mass is 32.1. The molecule has 0 aliphatic heterocycles. The van der Waals surface area contributed by atoms with Crippen LogP contribution in [0.4, 0.5) is 0 Å². The van der Waals surface area contributed by atoms with Gasteiger partial charge in [0, 0.05) is 10.8 Å². The maximum atomic E-state index is 9.36. The van der Waals surface area contributed by atoms with E-state index < -0.39 is 6.10 Å². The molecule has 1 rings (SSSR count). The van der Waals surface area contributed by atoms with Gasteiger partial charge in [-0.2, -0.15) is 0 Å². The molecule has 0 saturated heterocycles. The first-order valence-electron chi connectivity index (χ1n) is 5.13. The summed E-state index contributed by atoms with van der Waals surface area (Å²) in [7, 11) is 0. The van der Waals surface area contributed by atoms with Gasteiger partial charge in [-0.15, -0.1) is 11.3 Å². The minimum absolute atomic E-state index is 0.107. The van der Waals surface area contributed by atoms with Gasteiger partial charge in [-0.3, -0.25) is 0 Å². The van der Waals surface area contributed by atoms with Crippen molar-refractivity contribution in [3.8, 4) is 0 Å². The molecule has 0 aliphatic carbocycles. The van der Waals surface area contributed by atoms with Crippen LogP contribution >= 0.6 is 11.3 Å². The van der Waals surface area contributed by atoms with Crippen molar-refractivity contribution in [2.45, 2.75) is 46.1 Å². The number of aliphatic hydroxyl groups is 1. The third kappa shape index (κ3) is 3.43. The Kier molecular flexibility index (Phi) is 3.68. The van der Waals surface area contributed by atoms with Crippen LogP contribution in [0.2, 0.25) is 0 Å². The van der Waals surface area contributed by atoms with E-state index in [1.807, 2.05) is 18.4 Å². The predicted molar refractivity (Wildman–Crippen MR) is 66.1 cm³/mol. The lowest BCUT2D eigenvalue weighted by Crippen LogP contribution is -2.10. The first-order valence-corrected chi connectivity index (χ1v) is 6.01. The van der Waals surface area contributed by atoms with Crippen molar-refractivity contribution in [3.63, 3.8) is 0 Å². The van der Waals surface area contributed by atoms with Crippen LogP contribution in [0.15, 0.2) is 11.0 Å². The first kappa shape index (κ1) is 12.4. The van der Waals surface area contributed by atoms with E-state index in [9.17, 15) is 5.11 Å². The molecule has 0 aromatic carbocycles. The monoisotopic (exact) mass is 225 g/mol. The molecule has 0 saturated carbocycles. The van der Waals surface area contributed by atoms with Crippen LogP contribution in [0.1, 0.15) is 45.3 Å². The van der Waals surface area contributed by atoms with Gasteiger partial charge in [0.15, 0.2) is 0 Å². The summed E-state index contributed by atoms with van der Waals surface area (Å²) in [5.41, 5.74) is 2.00. The van der Waals surface area contributed by atoms with E-state index in [4.69, 9.17) is 0 Å². The average molecular weight is 225 g/mol. The second-order valence-electron chi connectivity index (χ2n) is 4.89. The Bertz CT molecular complexity index is 358. The zero-order valence-corrected chi connectivity index (χ0v) is 10.9. The van der Waals surface area contributed by atoms with Gasteiger partial charge in [-0.05, 0) is 25.5 Å². The van der Waals surface area contributed by atoms with Crippen molar-refractivity contribution in [2.24, 2.45) is 0 Å². The van der Waals surface area contributed by atoms with E-state index in [0.717, 1.165) is 16.3 Å². The van der Waals surface area contributed by atoms with Crippen LogP contribution in [-0.2, 0) is 5.41 Å². The van der Waals surface area contributed by atoms with Gasteiger partial charge in [0.25, 0.3) is 0 Å². The first-order chi connectivity index (χ1) is 6.80. The standard InChI is InChI=1S/C12H19NOS/c1-8(9(2)14)6-10-7-15-11(13-10)12(3,4)5/h6-7,9,14H,1-5H3. The van der Waals surface area contributed by atoms with Gasteiger partial charge in [-0.25, -0.2) is 4.98 Å². The lowest BCUT2D eigenvalue weighted by atomic mass is 9.98. The number of hydrogen-bond acceptors (Lipinski definition) is 3. The van der Waals surface area contributed by atoms with E-state index in [2.05, 4.69) is 25.8 Å². The Morgan fingerprint density at radius 2 is 2.13 bits per heavy atom. The molecule has 2 nitrogen and oxygen atoms in total. The van der Waals surface area contributed by atoms with E-state index >= 15 is 0 Å². The number of rotatable bonds is 2. The third-order valence-electron chi connectivity index (χ3n) is 2.20. The normalized spacial score (nSPS) is 15.5. The lowest BCUT2D eigenvalue weighted by molar-refractivity contribution is 0.232. The second-order valence-corrected chi connectivity index (χ2v) is 5.75. The molecule has 1 unspecified atom stereocenters. The van der Waals surface area contributed by atoms with Crippen LogP contribution in [0, 0.1) is 0 Å². The fourth-order valence-corrected chi connectivity index (χ4v) is 1.92. The van der Waals surface area contributed by atoms with Gasteiger partial charge in [-0.1, -0.05) is 20.8 Å². The number of aromatic nitrogens is 1. The fraction of sp³-hybridized carbons (Fsp3) is 0.583. The molecule has 15 heavy (non-hydrogen) atoms. The van der Waals surface area contributed by atoms with E-state index in [1.165, 1.54) is 0 Å². The van der Waals surface area contributed by atoms with Gasteiger partial charge < -0.3 is 5.11 Å². The van der Waals surface area contributed by atoms with Crippen molar-refractivity contribution >= 4 is 17.4 Å². The Morgan fingerprint density at radius 1 is 1.53 bits per heavy atom. The van der Waals surface area contributed by atoms with E-state index in [1.54, 1.807) is 18.3 Å². The molecular weight excluding hydrogens is 206 g/mol. The molecule has 1 aromatic heterocycles. The summed E-state index contributed by atoms with van der Waals surface area (Å²) in [6.45, 7) is 10.1. The second kappa shape index (κ2) is 4.45. The molecule has 3 heteroatoms. The number of thiazole rings is 1. The van der Waals surface area contributed by atoms with Crippen molar-refractivity contribution in [1.29, 1.82) is 0 Å². The largest absolute Gasteiger partial charge is 0.389 e. The Labute approximate surface area is 95.7 Å². The molecular formula is C12H19NOS. The number of hydrogen-bond donors (Lipinski definition) is 1. The molecule has 1 aromatic rings. The summed E-state index contributed by atoms with van der Waals surface area (Å²) in [5, 5.41) is 12.5. The van der Waals surface area contributed by atoms with Crippen LogP contribution in [-0.4, -0.2) is 16.2 Å². The number of aliphatic hydroxyl groups excluding tert-OH is 1. The fourth-order valence-electron chi connectivity index (χ4n) is 1.05. The van der Waals surface area contributed by atoms with Crippen LogP contribution in [0.5, 0.6) is 0 Å². The Hall–Kier alpha value is -0.670. The summed E-state index contributed by atoms with van der Waals surface area (Å²) >= 11 is 1.67. The van der Waals surface area contributed by atoms with Crippen molar-refractivity contribution in [3.05, 3.63) is 21.7 Å². The summed E-state index contributed by atoms with van der Waals surface area (Å²) in [5.74, 6) is 0. The molecule has 0 amide bonds. The molecule has 0 fully saturated rings. The zero-order chi connectivity index (χ0) is 11.6. The zero-order valence-electron chi connectivity index (χ0n) is 10.0. The third-order valence-corrected chi connectivity index (χ3v) is 3.48. The van der Waals surface area contributed by atoms with Gasteiger partial charge in [0.2, 0.25) is 0 Å². The molecule has 84 valence electrons. The molecule has 0 spiro atoms. The van der Waals surface area contributed by atoms with Gasteiger partial charge >= 0.3 is 0 Å². The topological polar surface area (TPSA) is 33.1 Å². The van der Waals surface area contributed by atoms with Crippen molar-refractivity contribution in [2.75, 3.05) is 0 Å². The Balaban J connectivity index is 2.91. The summed E-state index contributed by atoms with van der Waals surface area (Å²) in [4.78, 5) is 4.53. The minimum Gasteiger partial charge on any atom is -0.389 e. The van der Waals surface area contributed by atoms with Gasteiger partial charge in [0.05, 0.1) is 16.8 Å². The van der Waals surface area contributed by atoms with Crippen LogP contribution in [0.3, 0.4) is 0 Å². The minimum atomic E-state index is -0.398. The summed E-state index contributed by atoms with van der Waals surface area (Å²) in [6.07, 6.45) is 1.54. The van der Waals surface area contributed by atoms with Crippen LogP contribution in [0.25, 0.3) is 6.08 Å². The molecule has 0 aliphatic rings. The SMILES string of the molecule is CC(=Cc1csc(C(C)(C)C)n1)C(C)O. The molecule has 1 N–H and O–H groups in total. The highest BCUT2D eigenvalue weighted by Crippen LogP contribution is 2.26. The molecule has 1 heterocycles. The predicted octanol–water partition coefficient (Wildman–Crippen LogP) is 3.22. The molecule has 0 radical (unpaired) electrons. The van der Waals surface area contributed by atoms with Crippen molar-refractivity contribution in [1.82, 2.24) is 4.98 Å². The number of nitrogens with zero attached hydrogens (tertiary/aromatic N) is 1. The van der Waals surface area contributed by atoms with E-state index in [0.29, 0.717) is 0 Å². The maximum Gasteiger partial charge on any atom is 0.0985 e. The molecule has 1 atom stereocenters. The Morgan fingerprint density at radius 3 is 2.53 bits per heavy atom. The smallest absolute Gasteiger partial charge is 0.0985 e. The summed E-state index contributed by atoms with van der Waals surface area (Å²) < 4.78 is 0. The summed E-state index contributed by atoms with van der Waals surface area (Å²) in [6, 6.07) is 0. The van der Waals surface area contributed by atoms with Crippen molar-refractivity contribution < 1.29 is 5.11 Å². The van der Waals surface area contributed by atoms with E-state index in [-0.39, 0.29) is 5.41 Å². The lowest BCUT2D eigenvalue weighted by Gasteiger charge is -2.13. The maximum absolute atomic E-state index is 9.36. The highest BCUT2D eigenvalue weighted by Gasteiger charge is 2.17.